The molecule has 0 fully saturated rings. The Labute approximate surface area is 166 Å². The second-order valence-corrected chi connectivity index (χ2v) is 7.02. The number of carbonyl (C=O) groups is 2. The average molecular weight is 386 g/mol. The second-order valence-electron chi connectivity index (χ2n) is 7.02. The lowest BCUT2D eigenvalue weighted by Crippen LogP contribution is -2.21. The van der Waals surface area contributed by atoms with Crippen LogP contribution >= 0.6 is 0 Å². The number of hydrogen-bond acceptors (Lipinski definition) is 3. The predicted molar refractivity (Wildman–Crippen MR) is 111 cm³/mol. The molecule has 2 aromatic carbocycles. The molecule has 28 heavy (non-hydrogen) atoms. The molecule has 6 heteroatoms. The number of primary amides is 1. The maximum absolute atomic E-state index is 10.5. The predicted octanol–water partition coefficient (Wildman–Crippen LogP) is 4.59. The van der Waals surface area contributed by atoms with Gasteiger partial charge in [0.05, 0.1) is 0 Å². The summed E-state index contributed by atoms with van der Waals surface area (Å²) in [6.07, 6.45) is -1.71. The van der Waals surface area contributed by atoms with Gasteiger partial charge in [0.2, 0.25) is 0 Å². The number of carbonyl (C=O) groups excluding carboxylic acids is 1. The molecule has 0 spiro atoms. The molecule has 0 atom stereocenters. The van der Waals surface area contributed by atoms with Crippen LogP contribution in [0, 0.1) is 41.5 Å². The summed E-state index contributed by atoms with van der Waals surface area (Å²) in [6, 6.07) is 8.25. The van der Waals surface area contributed by atoms with E-state index in [9.17, 15) is 9.59 Å². The van der Waals surface area contributed by atoms with E-state index in [-0.39, 0.29) is 6.61 Å². The third-order valence-corrected chi connectivity index (χ3v) is 4.46. The molecule has 6 nitrogen and oxygen atoms in total. The fourth-order valence-electron chi connectivity index (χ4n) is 3.23. The Kier molecular flexibility index (Phi) is 8.51. The highest BCUT2D eigenvalue weighted by molar-refractivity contribution is 5.65. The summed E-state index contributed by atoms with van der Waals surface area (Å²) in [7, 11) is 0. The van der Waals surface area contributed by atoms with Crippen LogP contribution in [0.3, 0.4) is 0 Å². The number of benzene rings is 2. The van der Waals surface area contributed by atoms with Crippen molar-refractivity contribution in [3.05, 3.63) is 68.8 Å². The molecular weight excluding hydrogens is 356 g/mol. The van der Waals surface area contributed by atoms with Crippen LogP contribution in [0.25, 0.3) is 0 Å². The average Bonchev–Trinajstić information content (AvgIpc) is 2.52. The van der Waals surface area contributed by atoms with Gasteiger partial charge in [-0.05, 0) is 74.9 Å². The summed E-state index contributed by atoms with van der Waals surface area (Å²) >= 11 is 0. The Morgan fingerprint density at radius 3 is 1.61 bits per heavy atom. The van der Waals surface area contributed by atoms with Crippen molar-refractivity contribution in [2.24, 2.45) is 5.73 Å². The van der Waals surface area contributed by atoms with Gasteiger partial charge in [-0.25, -0.2) is 9.59 Å². The molecule has 0 bridgehead atoms. The minimum Gasteiger partial charge on any atom is -0.465 e. The number of nitrogens with two attached hydrogens (primary N) is 1. The fraction of sp³-hybridized carbons (Fsp3) is 0.364. The van der Waals surface area contributed by atoms with Gasteiger partial charge in [0.25, 0.3) is 0 Å². The molecule has 152 valence electrons. The molecular formula is C22H30N2O4. The minimum atomic E-state index is -0.982. The molecule has 0 unspecified atom stereocenters. The number of amides is 2. The molecule has 0 saturated carbocycles. The van der Waals surface area contributed by atoms with Crippen LogP contribution in [0.2, 0.25) is 0 Å². The van der Waals surface area contributed by atoms with Gasteiger partial charge < -0.3 is 20.9 Å². The van der Waals surface area contributed by atoms with Crippen LogP contribution in [0.15, 0.2) is 24.3 Å². The van der Waals surface area contributed by atoms with Crippen molar-refractivity contribution in [2.75, 3.05) is 0 Å². The minimum absolute atomic E-state index is 0.257. The van der Waals surface area contributed by atoms with E-state index in [2.05, 4.69) is 29.6 Å². The lowest BCUT2D eigenvalue weighted by atomic mass is 10.00. The van der Waals surface area contributed by atoms with Crippen molar-refractivity contribution < 1.29 is 19.4 Å². The summed E-state index contributed by atoms with van der Waals surface area (Å²) in [5.41, 5.74) is 14.0. The Balaban J connectivity index is 0.000000280. The summed E-state index contributed by atoms with van der Waals surface area (Å²) in [5.74, 6) is 0. The van der Waals surface area contributed by atoms with E-state index in [1.165, 1.54) is 11.1 Å². The molecule has 2 aromatic rings. The zero-order valence-corrected chi connectivity index (χ0v) is 17.5. The van der Waals surface area contributed by atoms with Crippen LogP contribution in [0.4, 0.5) is 9.59 Å². The first-order valence-electron chi connectivity index (χ1n) is 9.03. The monoisotopic (exact) mass is 386 g/mol. The third-order valence-electron chi connectivity index (χ3n) is 4.46. The van der Waals surface area contributed by atoms with E-state index in [0.29, 0.717) is 6.54 Å². The molecule has 2 rings (SSSR count). The van der Waals surface area contributed by atoms with Gasteiger partial charge in [-0.2, -0.15) is 0 Å². The maximum atomic E-state index is 10.5. The van der Waals surface area contributed by atoms with E-state index in [0.717, 1.165) is 33.4 Å². The zero-order valence-electron chi connectivity index (χ0n) is 17.5. The van der Waals surface area contributed by atoms with Gasteiger partial charge in [-0.1, -0.05) is 35.4 Å². The van der Waals surface area contributed by atoms with Crippen molar-refractivity contribution in [3.8, 4) is 0 Å². The topological polar surface area (TPSA) is 102 Å². The number of carboxylic acid groups (broad SMARTS) is 1. The standard InChI is InChI=1S/2C11H15NO2/c1-7-4-8(2)10(9(3)5-7)6-14-11(12)13;1-7-4-8(2)10(9(3)5-7)6-12-11(13)14/h4-5H,6H2,1-3H3,(H2,12,13);4-5,12H,6H2,1-3H3,(H,13,14). The number of rotatable bonds is 4. The number of hydrogen-bond donors (Lipinski definition) is 3. The SMILES string of the molecule is Cc1cc(C)c(CNC(=O)O)c(C)c1.Cc1cc(C)c(COC(N)=O)c(C)c1. The number of ether oxygens (including phenoxy) is 1. The van der Waals surface area contributed by atoms with Crippen molar-refractivity contribution >= 4 is 12.2 Å². The summed E-state index contributed by atoms with van der Waals surface area (Å²) in [4.78, 5) is 20.8. The normalized spacial score (nSPS) is 9.93. The van der Waals surface area contributed by atoms with E-state index >= 15 is 0 Å². The van der Waals surface area contributed by atoms with E-state index in [1.54, 1.807) is 0 Å². The molecule has 4 N–H and O–H groups in total. The highest BCUT2D eigenvalue weighted by atomic mass is 16.5. The van der Waals surface area contributed by atoms with Crippen molar-refractivity contribution in [3.63, 3.8) is 0 Å². The highest BCUT2D eigenvalue weighted by Crippen LogP contribution is 2.17. The van der Waals surface area contributed by atoms with Gasteiger partial charge in [0.15, 0.2) is 0 Å². The summed E-state index contributed by atoms with van der Waals surface area (Å²) < 4.78 is 4.77. The Morgan fingerprint density at radius 2 is 1.25 bits per heavy atom. The van der Waals surface area contributed by atoms with Gasteiger partial charge >= 0.3 is 12.2 Å². The first-order chi connectivity index (χ1) is 13.0. The van der Waals surface area contributed by atoms with E-state index in [4.69, 9.17) is 15.6 Å². The van der Waals surface area contributed by atoms with Crippen LogP contribution in [-0.4, -0.2) is 17.3 Å². The molecule has 0 saturated heterocycles. The first kappa shape index (κ1) is 23.0. The molecule has 0 aliphatic heterocycles. The molecule has 0 aromatic heterocycles. The Bertz CT molecular complexity index is 742. The third kappa shape index (κ3) is 7.31. The van der Waals surface area contributed by atoms with E-state index < -0.39 is 12.2 Å². The zero-order chi connectivity index (χ0) is 21.4. The van der Waals surface area contributed by atoms with Gasteiger partial charge in [0.1, 0.15) is 6.61 Å². The second kappa shape index (κ2) is 10.3. The molecule has 0 aliphatic rings. The van der Waals surface area contributed by atoms with Crippen molar-refractivity contribution in [1.82, 2.24) is 5.32 Å². The Hall–Kier alpha value is -3.02. The van der Waals surface area contributed by atoms with Crippen molar-refractivity contribution in [2.45, 2.75) is 54.7 Å². The molecule has 2 amide bonds. The highest BCUT2D eigenvalue weighted by Gasteiger charge is 2.06. The van der Waals surface area contributed by atoms with Gasteiger partial charge in [-0.3, -0.25) is 0 Å². The summed E-state index contributed by atoms with van der Waals surface area (Å²) in [6.45, 7) is 12.7. The first-order valence-corrected chi connectivity index (χ1v) is 9.03. The van der Waals surface area contributed by atoms with Crippen LogP contribution in [-0.2, 0) is 17.9 Å². The van der Waals surface area contributed by atoms with Gasteiger partial charge in [0, 0.05) is 6.54 Å². The van der Waals surface area contributed by atoms with Crippen molar-refractivity contribution in [1.29, 1.82) is 0 Å². The maximum Gasteiger partial charge on any atom is 0.404 e. The number of aryl methyl sites for hydroxylation is 6. The summed E-state index contributed by atoms with van der Waals surface area (Å²) in [5, 5.41) is 10.9. The van der Waals surface area contributed by atoms with Crippen LogP contribution in [0.5, 0.6) is 0 Å². The molecule has 0 aliphatic carbocycles. The lowest BCUT2D eigenvalue weighted by Gasteiger charge is -2.10. The number of nitrogens with one attached hydrogen (secondary N) is 1. The van der Waals surface area contributed by atoms with Gasteiger partial charge in [-0.15, -0.1) is 0 Å². The lowest BCUT2D eigenvalue weighted by molar-refractivity contribution is 0.150. The van der Waals surface area contributed by atoms with Crippen LogP contribution in [0.1, 0.15) is 44.5 Å². The largest absolute Gasteiger partial charge is 0.465 e. The van der Waals surface area contributed by atoms with Crippen LogP contribution < -0.4 is 11.1 Å². The Morgan fingerprint density at radius 1 is 0.857 bits per heavy atom. The smallest absolute Gasteiger partial charge is 0.404 e. The quantitative estimate of drug-likeness (QED) is 0.715. The fourth-order valence-corrected chi connectivity index (χ4v) is 3.23. The molecule has 0 radical (unpaired) electrons. The molecule has 0 heterocycles. The van der Waals surface area contributed by atoms with E-state index in [1.807, 2.05) is 41.5 Å².